The molecule has 0 fully saturated rings. The van der Waals surface area contributed by atoms with Crippen molar-refractivity contribution in [2.75, 3.05) is 25.0 Å². The predicted octanol–water partition coefficient (Wildman–Crippen LogP) is 3.01. The number of nitrogens with zero attached hydrogens (tertiary/aromatic N) is 1. The average molecular weight is 288 g/mol. The Morgan fingerprint density at radius 3 is 2.38 bits per heavy atom. The molecule has 2 aliphatic heterocycles. The summed E-state index contributed by atoms with van der Waals surface area (Å²) in [5.74, 6) is 1.06. The lowest BCUT2D eigenvalue weighted by molar-refractivity contribution is 0.111. The van der Waals surface area contributed by atoms with Gasteiger partial charge in [-0.05, 0) is 61.5 Å². The van der Waals surface area contributed by atoms with Gasteiger partial charge in [-0.2, -0.15) is 0 Å². The molecular weight excluding hydrogens is 260 g/mol. The molecule has 1 aromatic rings. The van der Waals surface area contributed by atoms with Crippen LogP contribution >= 0.6 is 0 Å². The van der Waals surface area contributed by atoms with Gasteiger partial charge in [-0.1, -0.05) is 20.8 Å². The molecule has 0 saturated heterocycles. The maximum absolute atomic E-state index is 6.29. The average Bonchev–Trinajstić information content (AvgIpc) is 2.59. The molecule has 3 heteroatoms. The zero-order valence-corrected chi connectivity index (χ0v) is 14.0. The highest BCUT2D eigenvalue weighted by atomic mass is 16.5. The fraction of sp³-hybridized carbons (Fsp3) is 0.667. The number of rotatable bonds is 0. The first-order valence-corrected chi connectivity index (χ1v) is 8.14. The van der Waals surface area contributed by atoms with E-state index in [1.807, 2.05) is 0 Å². The van der Waals surface area contributed by atoms with E-state index < -0.39 is 0 Å². The summed E-state index contributed by atoms with van der Waals surface area (Å²) in [4.78, 5) is 2.43. The van der Waals surface area contributed by atoms with E-state index in [9.17, 15) is 0 Å². The second-order valence-corrected chi connectivity index (χ2v) is 7.58. The fourth-order valence-corrected chi connectivity index (χ4v) is 4.07. The molecule has 3 nitrogen and oxygen atoms in total. The molecule has 1 aromatic carbocycles. The van der Waals surface area contributed by atoms with Crippen molar-refractivity contribution >= 4 is 5.69 Å². The third-order valence-electron chi connectivity index (χ3n) is 4.87. The molecule has 0 aromatic heterocycles. The number of benzene rings is 1. The van der Waals surface area contributed by atoms with Gasteiger partial charge in [0.2, 0.25) is 0 Å². The van der Waals surface area contributed by atoms with Gasteiger partial charge in [0.1, 0.15) is 11.9 Å². The standard InChI is InChI=1S/C18H28N2O/c1-12-17(18(2,3)4)20(5)15-10-13-6-8-19-9-7-14(13)11-16(15)21-12/h10-12,17,19H,6-9H2,1-5H3. The number of nitrogens with one attached hydrogen (secondary N) is 1. The second kappa shape index (κ2) is 5.20. The Labute approximate surface area is 128 Å². The Kier molecular flexibility index (Phi) is 3.64. The Balaban J connectivity index is 2.03. The van der Waals surface area contributed by atoms with Gasteiger partial charge in [-0.25, -0.2) is 0 Å². The van der Waals surface area contributed by atoms with Gasteiger partial charge < -0.3 is 15.0 Å². The molecule has 0 bridgehead atoms. The van der Waals surface area contributed by atoms with Crippen molar-refractivity contribution in [3.8, 4) is 5.75 Å². The van der Waals surface area contributed by atoms with Gasteiger partial charge in [0.25, 0.3) is 0 Å². The van der Waals surface area contributed by atoms with E-state index in [1.165, 1.54) is 16.8 Å². The van der Waals surface area contributed by atoms with Crippen LogP contribution < -0.4 is 15.0 Å². The first-order valence-electron chi connectivity index (χ1n) is 8.14. The van der Waals surface area contributed by atoms with Crippen molar-refractivity contribution in [1.29, 1.82) is 0 Å². The van der Waals surface area contributed by atoms with E-state index in [2.05, 4.69) is 57.1 Å². The zero-order chi connectivity index (χ0) is 15.2. The van der Waals surface area contributed by atoms with Crippen molar-refractivity contribution < 1.29 is 4.74 Å². The van der Waals surface area contributed by atoms with Crippen molar-refractivity contribution in [3.63, 3.8) is 0 Å². The first kappa shape index (κ1) is 14.7. The molecule has 0 radical (unpaired) electrons. The number of likely N-dealkylation sites (N-methyl/N-ethyl adjacent to an activating group) is 1. The lowest BCUT2D eigenvalue weighted by atomic mass is 9.81. The van der Waals surface area contributed by atoms with Crippen LogP contribution in [0.15, 0.2) is 12.1 Å². The lowest BCUT2D eigenvalue weighted by Gasteiger charge is -2.47. The van der Waals surface area contributed by atoms with Crippen LogP contribution in [0.1, 0.15) is 38.8 Å². The SMILES string of the molecule is CC1Oc2cc3c(cc2N(C)C1C(C)(C)C)CCNCC3. The minimum Gasteiger partial charge on any atom is -0.486 e. The van der Waals surface area contributed by atoms with Crippen LogP contribution in [0.2, 0.25) is 0 Å². The highest BCUT2D eigenvalue weighted by Gasteiger charge is 2.39. The minimum atomic E-state index is 0.195. The van der Waals surface area contributed by atoms with Gasteiger partial charge in [0, 0.05) is 7.05 Å². The molecular formula is C18H28N2O. The van der Waals surface area contributed by atoms with Crippen LogP contribution in [0.3, 0.4) is 0 Å². The van der Waals surface area contributed by atoms with Gasteiger partial charge in [0.05, 0.1) is 11.7 Å². The molecule has 3 rings (SSSR count). The van der Waals surface area contributed by atoms with E-state index in [4.69, 9.17) is 4.74 Å². The quantitative estimate of drug-likeness (QED) is 0.794. The Morgan fingerprint density at radius 1 is 1.14 bits per heavy atom. The van der Waals surface area contributed by atoms with Crippen LogP contribution in [0.25, 0.3) is 0 Å². The van der Waals surface area contributed by atoms with Crippen molar-refractivity contribution in [2.24, 2.45) is 5.41 Å². The largest absolute Gasteiger partial charge is 0.486 e. The van der Waals surface area contributed by atoms with Crippen LogP contribution in [0, 0.1) is 5.41 Å². The molecule has 1 N–H and O–H groups in total. The molecule has 116 valence electrons. The number of fused-ring (bicyclic) bond motifs is 2. The van der Waals surface area contributed by atoms with E-state index in [1.54, 1.807) is 0 Å². The zero-order valence-electron chi connectivity index (χ0n) is 14.0. The highest BCUT2D eigenvalue weighted by Crippen LogP contribution is 2.42. The summed E-state index contributed by atoms with van der Waals surface area (Å²) in [6.07, 6.45) is 2.43. The van der Waals surface area contributed by atoms with Crippen molar-refractivity contribution in [2.45, 2.75) is 52.7 Å². The Hall–Kier alpha value is -1.22. The summed E-state index contributed by atoms with van der Waals surface area (Å²) in [6, 6.07) is 5.04. The second-order valence-electron chi connectivity index (χ2n) is 7.58. The van der Waals surface area contributed by atoms with Crippen LogP contribution in [0.4, 0.5) is 5.69 Å². The van der Waals surface area contributed by atoms with Gasteiger partial charge in [-0.15, -0.1) is 0 Å². The lowest BCUT2D eigenvalue weighted by Crippen LogP contribution is -2.53. The topological polar surface area (TPSA) is 24.5 Å². The molecule has 2 heterocycles. The summed E-state index contributed by atoms with van der Waals surface area (Å²) >= 11 is 0. The summed E-state index contributed by atoms with van der Waals surface area (Å²) in [5, 5.41) is 3.48. The summed E-state index contributed by atoms with van der Waals surface area (Å²) in [6.45, 7) is 11.2. The third-order valence-corrected chi connectivity index (χ3v) is 4.87. The minimum absolute atomic E-state index is 0.195. The van der Waals surface area contributed by atoms with E-state index in [0.29, 0.717) is 6.04 Å². The van der Waals surface area contributed by atoms with Gasteiger partial charge in [0.15, 0.2) is 0 Å². The Morgan fingerprint density at radius 2 is 1.76 bits per heavy atom. The van der Waals surface area contributed by atoms with Gasteiger partial charge in [-0.3, -0.25) is 0 Å². The Bertz CT molecular complexity index is 533. The predicted molar refractivity (Wildman–Crippen MR) is 88.5 cm³/mol. The molecule has 0 spiro atoms. The number of hydrogen-bond donors (Lipinski definition) is 1. The number of anilines is 1. The molecule has 2 unspecified atom stereocenters. The van der Waals surface area contributed by atoms with Crippen molar-refractivity contribution in [3.05, 3.63) is 23.3 Å². The van der Waals surface area contributed by atoms with Crippen LogP contribution in [-0.2, 0) is 12.8 Å². The van der Waals surface area contributed by atoms with Crippen LogP contribution in [-0.4, -0.2) is 32.3 Å². The monoisotopic (exact) mass is 288 g/mol. The van der Waals surface area contributed by atoms with Crippen molar-refractivity contribution in [1.82, 2.24) is 5.32 Å². The smallest absolute Gasteiger partial charge is 0.143 e. The number of hydrogen-bond acceptors (Lipinski definition) is 3. The maximum Gasteiger partial charge on any atom is 0.143 e. The fourth-order valence-electron chi connectivity index (χ4n) is 4.07. The highest BCUT2D eigenvalue weighted by molar-refractivity contribution is 5.64. The number of ether oxygens (including phenoxy) is 1. The van der Waals surface area contributed by atoms with Crippen LogP contribution in [0.5, 0.6) is 5.75 Å². The molecule has 0 aliphatic carbocycles. The van der Waals surface area contributed by atoms with E-state index in [0.717, 1.165) is 31.7 Å². The normalized spacial score (nSPS) is 25.7. The molecule has 21 heavy (non-hydrogen) atoms. The molecule has 2 atom stereocenters. The third kappa shape index (κ3) is 2.64. The maximum atomic E-state index is 6.29. The summed E-state index contributed by atoms with van der Waals surface area (Å²) in [5.41, 5.74) is 4.39. The van der Waals surface area contributed by atoms with Gasteiger partial charge >= 0.3 is 0 Å². The van der Waals surface area contributed by atoms with E-state index >= 15 is 0 Å². The summed E-state index contributed by atoms with van der Waals surface area (Å²) in [7, 11) is 2.22. The molecule has 2 aliphatic rings. The molecule has 0 saturated carbocycles. The van der Waals surface area contributed by atoms with E-state index in [-0.39, 0.29) is 11.5 Å². The first-order chi connectivity index (χ1) is 9.88. The molecule has 0 amide bonds. The summed E-state index contributed by atoms with van der Waals surface area (Å²) < 4.78 is 6.29.